The Morgan fingerprint density at radius 3 is 2.70 bits per heavy atom. The molecule has 0 radical (unpaired) electrons. The molecule has 1 N–H and O–H groups in total. The number of amides is 3. The van der Waals surface area contributed by atoms with Crippen molar-refractivity contribution in [3.63, 3.8) is 0 Å². The Balaban J connectivity index is 1.47. The Labute approximate surface area is 200 Å². The first-order valence-corrected chi connectivity index (χ1v) is 11.3. The SMILES string of the molecule is Cc1cc(OCC(=O)N2CCN3C(=O)c4cc(Br)ccc4NC(=O)C3C2)c(C)c(C)c1C#N. The molecule has 3 amide bonds. The number of benzene rings is 2. The molecule has 1 fully saturated rings. The second-order valence-corrected chi connectivity index (χ2v) is 9.17. The highest BCUT2D eigenvalue weighted by Crippen LogP contribution is 2.29. The van der Waals surface area contributed by atoms with Crippen LogP contribution in [0.25, 0.3) is 0 Å². The van der Waals surface area contributed by atoms with Gasteiger partial charge in [0.25, 0.3) is 11.8 Å². The zero-order valence-corrected chi connectivity index (χ0v) is 20.2. The normalized spacial score (nSPS) is 17.5. The Morgan fingerprint density at radius 1 is 1.21 bits per heavy atom. The summed E-state index contributed by atoms with van der Waals surface area (Å²) in [6.07, 6.45) is 0. The number of halogens is 1. The number of nitrogens with zero attached hydrogens (tertiary/aromatic N) is 3. The minimum Gasteiger partial charge on any atom is -0.483 e. The van der Waals surface area contributed by atoms with Gasteiger partial charge in [-0.2, -0.15) is 5.26 Å². The van der Waals surface area contributed by atoms with Gasteiger partial charge in [0.15, 0.2) is 6.61 Å². The van der Waals surface area contributed by atoms with Crippen LogP contribution in [-0.2, 0) is 9.59 Å². The smallest absolute Gasteiger partial charge is 0.260 e. The third kappa shape index (κ3) is 4.18. The maximum Gasteiger partial charge on any atom is 0.260 e. The monoisotopic (exact) mass is 510 g/mol. The number of nitriles is 1. The predicted octanol–water partition coefficient (Wildman–Crippen LogP) is 2.93. The highest BCUT2D eigenvalue weighted by molar-refractivity contribution is 9.10. The summed E-state index contributed by atoms with van der Waals surface area (Å²) in [6, 6.07) is 8.32. The van der Waals surface area contributed by atoms with Crippen LogP contribution in [0.15, 0.2) is 28.7 Å². The van der Waals surface area contributed by atoms with Gasteiger partial charge in [-0.05, 0) is 61.7 Å². The summed E-state index contributed by atoms with van der Waals surface area (Å²) in [7, 11) is 0. The van der Waals surface area contributed by atoms with E-state index in [4.69, 9.17) is 4.74 Å². The molecule has 2 aliphatic rings. The first-order valence-electron chi connectivity index (χ1n) is 10.5. The van der Waals surface area contributed by atoms with Crippen molar-refractivity contribution in [2.24, 2.45) is 0 Å². The Morgan fingerprint density at radius 2 is 1.97 bits per heavy atom. The van der Waals surface area contributed by atoms with E-state index in [1.807, 2.05) is 20.8 Å². The molecule has 9 heteroatoms. The van der Waals surface area contributed by atoms with Crippen molar-refractivity contribution in [1.82, 2.24) is 9.80 Å². The number of ether oxygens (including phenoxy) is 1. The average Bonchev–Trinajstić information content (AvgIpc) is 2.90. The lowest BCUT2D eigenvalue weighted by Gasteiger charge is -2.39. The van der Waals surface area contributed by atoms with Crippen LogP contribution in [-0.4, -0.2) is 59.8 Å². The second kappa shape index (κ2) is 8.87. The van der Waals surface area contributed by atoms with Crippen LogP contribution in [0.2, 0.25) is 0 Å². The van der Waals surface area contributed by atoms with Crippen molar-refractivity contribution in [1.29, 1.82) is 5.26 Å². The number of rotatable bonds is 3. The van der Waals surface area contributed by atoms with Gasteiger partial charge in [-0.15, -0.1) is 0 Å². The number of aryl methyl sites for hydroxylation is 1. The van der Waals surface area contributed by atoms with Crippen molar-refractivity contribution in [2.45, 2.75) is 26.8 Å². The van der Waals surface area contributed by atoms with Crippen LogP contribution in [0.1, 0.15) is 32.6 Å². The number of carbonyl (C=O) groups is 3. The van der Waals surface area contributed by atoms with Gasteiger partial charge in [0.2, 0.25) is 5.91 Å². The number of piperazine rings is 1. The van der Waals surface area contributed by atoms with Crippen molar-refractivity contribution in [2.75, 3.05) is 31.6 Å². The number of carbonyl (C=O) groups excluding carboxylic acids is 3. The van der Waals surface area contributed by atoms with Gasteiger partial charge in [-0.1, -0.05) is 15.9 Å². The van der Waals surface area contributed by atoms with E-state index in [0.29, 0.717) is 29.1 Å². The van der Waals surface area contributed by atoms with E-state index >= 15 is 0 Å². The summed E-state index contributed by atoms with van der Waals surface area (Å²) < 4.78 is 6.55. The predicted molar refractivity (Wildman–Crippen MR) is 125 cm³/mol. The van der Waals surface area contributed by atoms with Crippen molar-refractivity contribution in [3.05, 3.63) is 56.6 Å². The Hall–Kier alpha value is -3.38. The third-order valence-electron chi connectivity index (χ3n) is 6.28. The van der Waals surface area contributed by atoms with E-state index in [1.165, 1.54) is 4.90 Å². The molecule has 170 valence electrons. The molecule has 1 unspecified atom stereocenters. The molecule has 1 saturated heterocycles. The van der Waals surface area contributed by atoms with Crippen LogP contribution >= 0.6 is 15.9 Å². The molecule has 1 atom stereocenters. The molecule has 2 aliphatic heterocycles. The molecule has 4 rings (SSSR count). The van der Waals surface area contributed by atoms with Crippen molar-refractivity contribution in [3.8, 4) is 11.8 Å². The number of fused-ring (bicyclic) bond motifs is 2. The van der Waals surface area contributed by atoms with Gasteiger partial charge >= 0.3 is 0 Å². The molecule has 2 heterocycles. The van der Waals surface area contributed by atoms with Crippen molar-refractivity contribution < 1.29 is 19.1 Å². The van der Waals surface area contributed by atoms with Crippen LogP contribution < -0.4 is 10.1 Å². The molecule has 0 aromatic heterocycles. The minimum atomic E-state index is -0.775. The van der Waals surface area contributed by atoms with Gasteiger partial charge in [-0.25, -0.2) is 0 Å². The fraction of sp³-hybridized carbons (Fsp3) is 0.333. The van der Waals surface area contributed by atoms with Crippen LogP contribution in [0.3, 0.4) is 0 Å². The third-order valence-corrected chi connectivity index (χ3v) is 6.77. The van der Waals surface area contributed by atoms with Crippen LogP contribution in [0.4, 0.5) is 5.69 Å². The highest BCUT2D eigenvalue weighted by atomic mass is 79.9. The average molecular weight is 511 g/mol. The van der Waals surface area contributed by atoms with Gasteiger partial charge < -0.3 is 19.9 Å². The van der Waals surface area contributed by atoms with E-state index in [2.05, 4.69) is 27.3 Å². The van der Waals surface area contributed by atoms with E-state index in [9.17, 15) is 19.6 Å². The number of anilines is 1. The summed E-state index contributed by atoms with van der Waals surface area (Å²) in [5.74, 6) is -0.271. The summed E-state index contributed by atoms with van der Waals surface area (Å²) in [5, 5.41) is 12.1. The lowest BCUT2D eigenvalue weighted by molar-refractivity contribution is -0.137. The molecule has 0 spiro atoms. The van der Waals surface area contributed by atoms with E-state index in [1.54, 1.807) is 29.2 Å². The van der Waals surface area contributed by atoms with Crippen LogP contribution in [0, 0.1) is 32.1 Å². The molecule has 2 aromatic carbocycles. The summed E-state index contributed by atoms with van der Waals surface area (Å²) in [4.78, 5) is 41.9. The quantitative estimate of drug-likeness (QED) is 0.683. The Kier molecular flexibility index (Phi) is 6.13. The Bertz CT molecular complexity index is 1220. The number of hydrogen-bond donors (Lipinski definition) is 1. The first-order chi connectivity index (χ1) is 15.7. The van der Waals surface area contributed by atoms with E-state index in [0.717, 1.165) is 21.2 Å². The fourth-order valence-electron chi connectivity index (χ4n) is 4.25. The summed E-state index contributed by atoms with van der Waals surface area (Å²) >= 11 is 3.37. The van der Waals surface area contributed by atoms with Gasteiger partial charge in [0.05, 0.1) is 29.4 Å². The van der Waals surface area contributed by atoms with E-state index < -0.39 is 6.04 Å². The lowest BCUT2D eigenvalue weighted by atomic mass is 9.98. The minimum absolute atomic E-state index is 0.0966. The maximum absolute atomic E-state index is 13.1. The zero-order chi connectivity index (χ0) is 23.9. The van der Waals surface area contributed by atoms with Crippen molar-refractivity contribution >= 4 is 39.3 Å². The standard InChI is InChI=1S/C24H23BrN4O4/c1-13-8-21(15(3)14(2)18(13)10-26)33-12-22(30)28-6-7-29-20(11-28)23(31)27-19-5-4-16(25)9-17(19)24(29)32/h4-5,8-9,20H,6-7,11-12H2,1-3H3,(H,27,31). The van der Waals surface area contributed by atoms with E-state index in [-0.39, 0.29) is 37.4 Å². The second-order valence-electron chi connectivity index (χ2n) is 8.25. The zero-order valence-electron chi connectivity index (χ0n) is 18.6. The topological polar surface area (TPSA) is 103 Å². The van der Waals surface area contributed by atoms with Gasteiger partial charge in [0, 0.05) is 17.6 Å². The molecule has 0 saturated carbocycles. The molecule has 8 nitrogen and oxygen atoms in total. The molecular formula is C24H23BrN4O4. The highest BCUT2D eigenvalue weighted by Gasteiger charge is 2.40. The largest absolute Gasteiger partial charge is 0.483 e. The maximum atomic E-state index is 13.1. The summed E-state index contributed by atoms with van der Waals surface area (Å²) in [5.41, 5.74) is 3.92. The summed E-state index contributed by atoms with van der Waals surface area (Å²) in [6.45, 7) is 6.00. The van der Waals surface area contributed by atoms with Crippen LogP contribution in [0.5, 0.6) is 5.75 Å². The number of nitrogens with one attached hydrogen (secondary N) is 1. The van der Waals surface area contributed by atoms with Gasteiger partial charge in [-0.3, -0.25) is 14.4 Å². The molecule has 0 bridgehead atoms. The number of hydrogen-bond acceptors (Lipinski definition) is 5. The molecule has 33 heavy (non-hydrogen) atoms. The first kappa shape index (κ1) is 22.8. The molecular weight excluding hydrogens is 488 g/mol. The molecule has 0 aliphatic carbocycles. The van der Waals surface area contributed by atoms with Gasteiger partial charge in [0.1, 0.15) is 11.8 Å². The molecule has 2 aromatic rings. The lowest BCUT2D eigenvalue weighted by Crippen LogP contribution is -2.60. The fourth-order valence-corrected chi connectivity index (χ4v) is 4.61.